The number of β-lactam (4-membered cyclic amide) rings is 1. The lowest BCUT2D eigenvalue weighted by atomic mass is 10.0. The minimum atomic E-state index is -1.32. The van der Waals surface area contributed by atoms with Crippen LogP contribution in [0, 0.1) is 11.3 Å². The number of nitrogens with two attached hydrogens (primary N) is 1. The van der Waals surface area contributed by atoms with E-state index in [4.69, 9.17) is 20.6 Å². The standard InChI is InChI=1S/C21H18N6O6S2/c1-32-26-14(12-8-35-21(23)24-12)17(28)25-15-18(29)27-16(20(30)31)13(9-34-19(15)27)33-7-11-4-2-10(6-22)3-5-11/h2-5,8,15,19H,7,9H2,1H3,(H2,23,24)(H,25,28)(H,30,31)/b26-14-/t15-,19+/m1/s1. The number of amides is 2. The predicted octanol–water partition coefficient (Wildman–Crippen LogP) is 0.860. The molecule has 1 saturated heterocycles. The molecule has 14 heteroatoms. The van der Waals surface area contributed by atoms with Gasteiger partial charge in [0.25, 0.3) is 11.8 Å². The first kappa shape index (κ1) is 24.0. The van der Waals surface area contributed by atoms with Crippen LogP contribution >= 0.6 is 23.1 Å². The van der Waals surface area contributed by atoms with Crippen molar-refractivity contribution in [3.05, 3.63) is 57.9 Å². The SMILES string of the molecule is CO/N=C(\C(=O)N[C@@H]1C(=O)N2C(C(=O)O)=C(OCc3ccc(C#N)cc3)CS[C@@H]12)c1csc(N)n1. The Balaban J connectivity index is 1.48. The van der Waals surface area contributed by atoms with Crippen LogP contribution in [0.4, 0.5) is 5.13 Å². The number of nitrogens with one attached hydrogen (secondary N) is 1. The molecule has 0 aliphatic carbocycles. The number of aromatic nitrogens is 1. The van der Waals surface area contributed by atoms with Gasteiger partial charge in [-0.3, -0.25) is 14.5 Å². The van der Waals surface area contributed by atoms with Gasteiger partial charge in [-0.15, -0.1) is 23.1 Å². The summed E-state index contributed by atoms with van der Waals surface area (Å²) in [6, 6.07) is 7.71. The molecule has 1 fully saturated rings. The van der Waals surface area contributed by atoms with Crippen molar-refractivity contribution >= 4 is 51.7 Å². The summed E-state index contributed by atoms with van der Waals surface area (Å²) in [6.45, 7) is 0.0683. The molecule has 1 aromatic carbocycles. The summed E-state index contributed by atoms with van der Waals surface area (Å²) in [5.41, 5.74) is 6.62. The smallest absolute Gasteiger partial charge is 0.356 e. The zero-order valence-electron chi connectivity index (χ0n) is 18.1. The lowest BCUT2D eigenvalue weighted by Crippen LogP contribution is -2.71. The number of anilines is 1. The van der Waals surface area contributed by atoms with Gasteiger partial charge in [0, 0.05) is 5.38 Å². The Morgan fingerprint density at radius 2 is 2.14 bits per heavy atom. The van der Waals surface area contributed by atoms with Gasteiger partial charge in [-0.05, 0) is 17.7 Å². The molecule has 35 heavy (non-hydrogen) atoms. The van der Waals surface area contributed by atoms with E-state index >= 15 is 0 Å². The Morgan fingerprint density at radius 1 is 1.40 bits per heavy atom. The van der Waals surface area contributed by atoms with Crippen molar-refractivity contribution in [2.24, 2.45) is 5.16 Å². The maximum atomic E-state index is 12.9. The quantitative estimate of drug-likeness (QED) is 0.260. The highest BCUT2D eigenvalue weighted by atomic mass is 32.2. The van der Waals surface area contributed by atoms with E-state index in [0.717, 1.165) is 21.8 Å². The topological polar surface area (TPSA) is 180 Å². The van der Waals surface area contributed by atoms with E-state index in [1.807, 2.05) is 6.07 Å². The molecule has 2 aromatic rings. The lowest BCUT2D eigenvalue weighted by Gasteiger charge is -2.48. The molecule has 12 nitrogen and oxygen atoms in total. The molecule has 4 rings (SSSR count). The molecule has 4 N–H and O–H groups in total. The third kappa shape index (κ3) is 4.77. The Bertz CT molecular complexity index is 1280. The van der Waals surface area contributed by atoms with Crippen molar-refractivity contribution < 1.29 is 29.1 Å². The molecule has 2 aliphatic heterocycles. The van der Waals surface area contributed by atoms with Crippen molar-refractivity contribution in [2.75, 3.05) is 18.6 Å². The average molecular weight is 515 g/mol. The summed E-state index contributed by atoms with van der Waals surface area (Å²) < 4.78 is 5.72. The van der Waals surface area contributed by atoms with Gasteiger partial charge in [-0.2, -0.15) is 5.26 Å². The highest BCUT2D eigenvalue weighted by molar-refractivity contribution is 8.00. The van der Waals surface area contributed by atoms with Crippen molar-refractivity contribution in [3.63, 3.8) is 0 Å². The van der Waals surface area contributed by atoms with Crippen LogP contribution in [-0.2, 0) is 30.6 Å². The van der Waals surface area contributed by atoms with E-state index in [-0.39, 0.29) is 40.4 Å². The summed E-state index contributed by atoms with van der Waals surface area (Å²) >= 11 is 2.37. The van der Waals surface area contributed by atoms with Crippen LogP contribution < -0.4 is 11.1 Å². The van der Waals surface area contributed by atoms with E-state index in [1.165, 1.54) is 24.3 Å². The Hall–Kier alpha value is -4.09. The van der Waals surface area contributed by atoms with E-state index in [9.17, 15) is 19.5 Å². The van der Waals surface area contributed by atoms with Crippen molar-refractivity contribution in [2.45, 2.75) is 18.0 Å². The summed E-state index contributed by atoms with van der Waals surface area (Å²) in [7, 11) is 1.26. The fourth-order valence-corrected chi connectivity index (χ4v) is 5.27. The maximum absolute atomic E-state index is 12.9. The van der Waals surface area contributed by atoms with E-state index in [1.54, 1.807) is 24.3 Å². The molecule has 0 unspecified atom stereocenters. The number of carbonyl (C=O) groups is 3. The second-order valence-electron chi connectivity index (χ2n) is 7.23. The van der Waals surface area contributed by atoms with Crippen LogP contribution in [0.1, 0.15) is 16.8 Å². The van der Waals surface area contributed by atoms with Gasteiger partial charge < -0.3 is 25.7 Å². The van der Waals surface area contributed by atoms with Crippen LogP contribution in [-0.4, -0.2) is 62.8 Å². The second-order valence-corrected chi connectivity index (χ2v) is 9.22. The fourth-order valence-electron chi connectivity index (χ4n) is 3.45. The van der Waals surface area contributed by atoms with Crippen LogP contribution in [0.15, 0.2) is 46.3 Å². The first-order valence-corrected chi connectivity index (χ1v) is 11.9. The maximum Gasteiger partial charge on any atom is 0.356 e. The number of aliphatic carboxylic acids is 1. The van der Waals surface area contributed by atoms with Crippen molar-refractivity contribution in [3.8, 4) is 6.07 Å². The molecular weight excluding hydrogens is 496 g/mol. The third-order valence-electron chi connectivity index (χ3n) is 5.08. The number of carbonyl (C=O) groups excluding carboxylic acids is 2. The van der Waals surface area contributed by atoms with E-state index in [0.29, 0.717) is 5.56 Å². The molecule has 2 aliphatic rings. The number of rotatable bonds is 8. The van der Waals surface area contributed by atoms with Crippen LogP contribution in [0.5, 0.6) is 0 Å². The molecule has 3 heterocycles. The molecule has 0 spiro atoms. The van der Waals surface area contributed by atoms with Gasteiger partial charge in [-0.1, -0.05) is 17.3 Å². The zero-order valence-corrected chi connectivity index (χ0v) is 19.8. The van der Waals surface area contributed by atoms with Gasteiger partial charge in [0.15, 0.2) is 16.5 Å². The largest absolute Gasteiger partial charge is 0.490 e. The molecule has 0 saturated carbocycles. The number of carboxylic acids is 1. The molecule has 1 aromatic heterocycles. The minimum Gasteiger partial charge on any atom is -0.490 e. The highest BCUT2D eigenvalue weighted by Crippen LogP contribution is 2.40. The number of thioether (sulfide) groups is 1. The minimum absolute atomic E-state index is 0.0683. The van der Waals surface area contributed by atoms with Crippen LogP contribution in [0.25, 0.3) is 0 Å². The number of thiazole rings is 1. The number of nitriles is 1. The number of ether oxygens (including phenoxy) is 1. The molecule has 2 amide bonds. The molecule has 180 valence electrons. The second kappa shape index (κ2) is 10.0. The zero-order chi connectivity index (χ0) is 25.1. The highest BCUT2D eigenvalue weighted by Gasteiger charge is 2.55. The third-order valence-corrected chi connectivity index (χ3v) is 7.01. The summed E-state index contributed by atoms with van der Waals surface area (Å²) in [5, 5.41) is 26.1. The summed E-state index contributed by atoms with van der Waals surface area (Å²) in [6.07, 6.45) is 0. The first-order chi connectivity index (χ1) is 16.8. The Labute approximate surface area is 207 Å². The number of carboxylic acid groups (broad SMARTS) is 1. The van der Waals surface area contributed by atoms with Gasteiger partial charge >= 0.3 is 5.97 Å². The number of hydrogen-bond donors (Lipinski definition) is 3. The number of hydrogen-bond acceptors (Lipinski definition) is 11. The molecule has 0 radical (unpaired) electrons. The molecule has 2 atom stereocenters. The number of nitrogen functional groups attached to an aromatic ring is 1. The van der Waals surface area contributed by atoms with Crippen LogP contribution in [0.3, 0.4) is 0 Å². The van der Waals surface area contributed by atoms with E-state index < -0.39 is 29.2 Å². The molecular formula is C21H18N6O6S2. The number of nitrogens with zero attached hydrogens (tertiary/aromatic N) is 4. The monoisotopic (exact) mass is 514 g/mol. The van der Waals surface area contributed by atoms with Crippen molar-refractivity contribution in [1.82, 2.24) is 15.2 Å². The lowest BCUT2D eigenvalue weighted by molar-refractivity contribution is -0.150. The summed E-state index contributed by atoms with van der Waals surface area (Å²) in [4.78, 5) is 47.5. The predicted molar refractivity (Wildman–Crippen MR) is 126 cm³/mol. The molecule has 0 bridgehead atoms. The van der Waals surface area contributed by atoms with Crippen LogP contribution in [0.2, 0.25) is 0 Å². The Kier molecular flexibility index (Phi) is 6.90. The van der Waals surface area contributed by atoms with Crippen molar-refractivity contribution in [1.29, 1.82) is 5.26 Å². The number of oxime groups is 1. The number of benzene rings is 1. The van der Waals surface area contributed by atoms with Gasteiger partial charge in [0.2, 0.25) is 0 Å². The Morgan fingerprint density at radius 3 is 2.74 bits per heavy atom. The van der Waals surface area contributed by atoms with Gasteiger partial charge in [-0.25, -0.2) is 9.78 Å². The van der Waals surface area contributed by atoms with Gasteiger partial charge in [0.05, 0.1) is 17.4 Å². The van der Waals surface area contributed by atoms with E-state index in [2.05, 4.69) is 15.5 Å². The summed E-state index contributed by atoms with van der Waals surface area (Å²) in [5.74, 6) is -2.30. The fraction of sp³-hybridized carbons (Fsp3) is 0.238. The normalized spacial score (nSPS) is 19.4. The number of fused-ring (bicyclic) bond motifs is 1. The first-order valence-electron chi connectivity index (χ1n) is 10.0. The average Bonchev–Trinajstić information content (AvgIpc) is 3.29. The van der Waals surface area contributed by atoms with Gasteiger partial charge in [0.1, 0.15) is 36.6 Å².